The summed E-state index contributed by atoms with van der Waals surface area (Å²) in [5, 5.41) is 0.684. The van der Waals surface area contributed by atoms with Gasteiger partial charge in [0.2, 0.25) is 0 Å². The highest BCUT2D eigenvalue weighted by Crippen LogP contribution is 2.41. The topological polar surface area (TPSA) is 86.3 Å². The van der Waals surface area contributed by atoms with E-state index in [0.717, 1.165) is 24.2 Å². The van der Waals surface area contributed by atoms with E-state index < -0.39 is 19.7 Å². The van der Waals surface area contributed by atoms with Crippen LogP contribution in [0, 0.1) is 11.6 Å². The number of nitrogens with two attached hydrogens (primary N) is 1. The molecule has 3 heterocycles. The van der Waals surface area contributed by atoms with Crippen molar-refractivity contribution in [3.63, 3.8) is 0 Å². The molecule has 38 heavy (non-hydrogen) atoms. The average molecular weight is 558 g/mol. The Kier molecular flexibility index (Phi) is 7.87. The number of aromatic nitrogens is 3. The number of pyridine rings is 2. The number of anilines is 1. The van der Waals surface area contributed by atoms with E-state index in [1.165, 1.54) is 11.1 Å². The second-order valence-corrected chi connectivity index (χ2v) is 16.5. The van der Waals surface area contributed by atoms with E-state index in [0.29, 0.717) is 34.3 Å². The van der Waals surface area contributed by atoms with Gasteiger partial charge in [-0.2, -0.15) is 0 Å². The van der Waals surface area contributed by atoms with Gasteiger partial charge in [-0.3, -0.25) is 4.79 Å². The molecule has 4 rings (SSSR count). The van der Waals surface area contributed by atoms with Gasteiger partial charge in [0.25, 0.3) is 5.91 Å². The Hall–Kier alpha value is -3.34. The standard InChI is InChI=1S/C27H30ClF2N5O2Si/c1-34(2)27(36)19-10-16(12-32-25(19)31)20-13-33-26-23(24(20)28)21(18-11-17(29)6-7-22(18)30)14-35(26)15-37-8-9-38(3,4)5/h6-7,10-14H,8-9,15H2,1-5H3,(H2,31,32). The van der Waals surface area contributed by atoms with Crippen LogP contribution >= 0.6 is 11.6 Å². The number of benzene rings is 1. The number of nitrogen functional groups attached to an aromatic ring is 1. The monoisotopic (exact) mass is 557 g/mol. The Morgan fingerprint density at radius 1 is 1.11 bits per heavy atom. The zero-order valence-electron chi connectivity index (χ0n) is 22.0. The van der Waals surface area contributed by atoms with E-state index >= 15 is 0 Å². The Morgan fingerprint density at radius 3 is 2.53 bits per heavy atom. The molecule has 0 aliphatic carbocycles. The van der Waals surface area contributed by atoms with Gasteiger partial charge in [0.15, 0.2) is 0 Å². The molecule has 4 aromatic rings. The molecule has 0 fully saturated rings. The van der Waals surface area contributed by atoms with Gasteiger partial charge in [0.05, 0.1) is 10.6 Å². The van der Waals surface area contributed by atoms with Crippen molar-refractivity contribution in [3.05, 3.63) is 65.1 Å². The van der Waals surface area contributed by atoms with Crippen LogP contribution in [-0.4, -0.2) is 54.1 Å². The van der Waals surface area contributed by atoms with Crippen LogP contribution < -0.4 is 5.73 Å². The van der Waals surface area contributed by atoms with Gasteiger partial charge in [0.1, 0.15) is 29.8 Å². The number of ether oxygens (including phenoxy) is 1. The molecule has 0 saturated heterocycles. The lowest BCUT2D eigenvalue weighted by molar-refractivity contribution is 0.0828. The third-order valence-corrected chi connectivity index (χ3v) is 8.23. The molecule has 2 N–H and O–H groups in total. The van der Waals surface area contributed by atoms with Crippen LogP contribution in [0.1, 0.15) is 10.4 Å². The maximum Gasteiger partial charge on any atom is 0.257 e. The summed E-state index contributed by atoms with van der Waals surface area (Å²) < 4.78 is 36.7. The summed E-state index contributed by atoms with van der Waals surface area (Å²) in [6.45, 7) is 7.53. The molecule has 3 aromatic heterocycles. The van der Waals surface area contributed by atoms with Crippen molar-refractivity contribution in [2.75, 3.05) is 26.4 Å². The van der Waals surface area contributed by atoms with E-state index in [2.05, 4.69) is 29.6 Å². The van der Waals surface area contributed by atoms with Crippen molar-refractivity contribution < 1.29 is 18.3 Å². The molecule has 1 amide bonds. The minimum atomic E-state index is -1.29. The van der Waals surface area contributed by atoms with Crippen molar-refractivity contribution >= 4 is 42.4 Å². The highest BCUT2D eigenvalue weighted by molar-refractivity contribution is 6.76. The zero-order chi connectivity index (χ0) is 27.8. The molecule has 1 aromatic carbocycles. The van der Waals surface area contributed by atoms with Gasteiger partial charge in [-0.25, -0.2) is 18.7 Å². The largest absolute Gasteiger partial charge is 0.383 e. The van der Waals surface area contributed by atoms with Crippen LogP contribution in [-0.2, 0) is 11.5 Å². The van der Waals surface area contributed by atoms with Gasteiger partial charge < -0.3 is 19.9 Å². The lowest BCUT2D eigenvalue weighted by Crippen LogP contribution is -2.23. The highest BCUT2D eigenvalue weighted by atomic mass is 35.5. The number of hydrogen-bond acceptors (Lipinski definition) is 5. The number of rotatable bonds is 8. The third-order valence-electron chi connectivity index (χ3n) is 6.13. The molecule has 0 bridgehead atoms. The number of amides is 1. The summed E-state index contributed by atoms with van der Waals surface area (Å²) in [6, 6.07) is 5.84. The maximum absolute atomic E-state index is 14.9. The Balaban J connectivity index is 1.86. The molecule has 7 nitrogen and oxygen atoms in total. The fraction of sp³-hybridized carbons (Fsp3) is 0.296. The molecule has 0 spiro atoms. The first kappa shape index (κ1) is 27.7. The fourth-order valence-electron chi connectivity index (χ4n) is 4.00. The predicted octanol–water partition coefficient (Wildman–Crippen LogP) is 6.29. The minimum absolute atomic E-state index is 0.0515. The SMILES string of the molecule is CN(C)C(=O)c1cc(-c2cnc3c(c(-c4cc(F)ccc4F)cn3COCC[Si](C)(C)C)c2Cl)cnc1N. The van der Waals surface area contributed by atoms with E-state index in [9.17, 15) is 13.6 Å². The molecule has 0 saturated carbocycles. The first-order chi connectivity index (χ1) is 17.9. The predicted molar refractivity (Wildman–Crippen MR) is 150 cm³/mol. The Bertz CT molecular complexity index is 1520. The van der Waals surface area contributed by atoms with Gasteiger partial charge in [-0.1, -0.05) is 31.2 Å². The molecule has 0 aliphatic rings. The number of fused-ring (bicyclic) bond motifs is 1. The van der Waals surface area contributed by atoms with Crippen molar-refractivity contribution in [1.29, 1.82) is 0 Å². The van der Waals surface area contributed by atoms with Gasteiger partial charge >= 0.3 is 0 Å². The van der Waals surface area contributed by atoms with Gasteiger partial charge in [-0.15, -0.1) is 0 Å². The van der Waals surface area contributed by atoms with Crippen LogP contribution in [0.4, 0.5) is 14.6 Å². The normalized spacial score (nSPS) is 11.8. The van der Waals surface area contributed by atoms with E-state index in [-0.39, 0.29) is 34.6 Å². The summed E-state index contributed by atoms with van der Waals surface area (Å²) in [6.07, 6.45) is 4.73. The minimum Gasteiger partial charge on any atom is -0.383 e. The zero-order valence-corrected chi connectivity index (χ0v) is 23.7. The fourth-order valence-corrected chi connectivity index (χ4v) is 5.10. The lowest BCUT2D eigenvalue weighted by atomic mass is 10.0. The summed E-state index contributed by atoms with van der Waals surface area (Å²) in [5.74, 6) is -1.41. The smallest absolute Gasteiger partial charge is 0.257 e. The van der Waals surface area contributed by atoms with Gasteiger partial charge in [0, 0.05) is 75.0 Å². The number of carbonyl (C=O) groups excluding carboxylic acids is 1. The Morgan fingerprint density at radius 2 is 1.84 bits per heavy atom. The first-order valence-corrected chi connectivity index (χ1v) is 16.1. The van der Waals surface area contributed by atoms with Crippen LogP contribution in [0.15, 0.2) is 42.9 Å². The second-order valence-electron chi connectivity index (χ2n) is 10.5. The average Bonchev–Trinajstić information content (AvgIpc) is 3.22. The Labute approximate surface area is 226 Å². The lowest BCUT2D eigenvalue weighted by Gasteiger charge is -2.15. The van der Waals surface area contributed by atoms with E-state index in [4.69, 9.17) is 22.1 Å². The van der Waals surface area contributed by atoms with Crippen LogP contribution in [0.2, 0.25) is 30.7 Å². The van der Waals surface area contributed by atoms with E-state index in [1.807, 2.05) is 0 Å². The molecular formula is C27H30ClF2N5O2Si. The van der Waals surface area contributed by atoms with Crippen LogP contribution in [0.3, 0.4) is 0 Å². The van der Waals surface area contributed by atoms with Crippen LogP contribution in [0.5, 0.6) is 0 Å². The number of carbonyl (C=O) groups is 1. The highest BCUT2D eigenvalue weighted by Gasteiger charge is 2.22. The maximum atomic E-state index is 14.9. The molecule has 0 aliphatic heterocycles. The molecule has 0 unspecified atom stereocenters. The third kappa shape index (κ3) is 5.72. The summed E-state index contributed by atoms with van der Waals surface area (Å²) in [4.78, 5) is 22.8. The summed E-state index contributed by atoms with van der Waals surface area (Å²) in [5.41, 5.74) is 8.03. The number of halogens is 3. The molecule has 200 valence electrons. The number of hydrogen-bond donors (Lipinski definition) is 1. The van der Waals surface area contributed by atoms with Crippen molar-refractivity contribution in [1.82, 2.24) is 19.4 Å². The van der Waals surface area contributed by atoms with Crippen molar-refractivity contribution in [3.8, 4) is 22.3 Å². The summed E-state index contributed by atoms with van der Waals surface area (Å²) >= 11 is 6.93. The quantitative estimate of drug-likeness (QED) is 0.203. The van der Waals surface area contributed by atoms with Crippen molar-refractivity contribution in [2.45, 2.75) is 32.4 Å². The summed E-state index contributed by atoms with van der Waals surface area (Å²) in [7, 11) is 1.94. The molecule has 11 heteroatoms. The van der Waals surface area contributed by atoms with Gasteiger partial charge in [-0.05, 0) is 30.3 Å². The molecule has 0 atom stereocenters. The van der Waals surface area contributed by atoms with Crippen LogP contribution in [0.25, 0.3) is 33.3 Å². The van der Waals surface area contributed by atoms with Crippen molar-refractivity contribution in [2.24, 2.45) is 0 Å². The molecular weight excluding hydrogens is 528 g/mol. The second kappa shape index (κ2) is 10.8. The number of nitrogens with zero attached hydrogens (tertiary/aromatic N) is 4. The molecule has 0 radical (unpaired) electrons. The first-order valence-electron chi connectivity index (χ1n) is 12.1. The van der Waals surface area contributed by atoms with E-state index in [1.54, 1.807) is 37.1 Å².